The van der Waals surface area contributed by atoms with E-state index in [2.05, 4.69) is 11.4 Å². The summed E-state index contributed by atoms with van der Waals surface area (Å²) in [6.45, 7) is 0. The molecule has 112 valence electrons. The molecule has 1 amide bonds. The molecule has 1 fully saturated rings. The number of carbonyl (C=O) groups is 1. The van der Waals surface area contributed by atoms with Gasteiger partial charge in [0.25, 0.3) is 5.91 Å². The third-order valence-corrected chi connectivity index (χ3v) is 4.87. The fourth-order valence-corrected chi connectivity index (χ4v) is 3.69. The van der Waals surface area contributed by atoms with E-state index in [1.165, 1.54) is 6.07 Å². The summed E-state index contributed by atoms with van der Waals surface area (Å²) in [7, 11) is 0. The van der Waals surface area contributed by atoms with Gasteiger partial charge in [0.1, 0.15) is 11.4 Å². The highest BCUT2D eigenvalue weighted by Crippen LogP contribution is 2.27. The van der Waals surface area contributed by atoms with Gasteiger partial charge >= 0.3 is 0 Å². The maximum atomic E-state index is 14.2. The summed E-state index contributed by atoms with van der Waals surface area (Å²) in [4.78, 5) is 12.3. The van der Waals surface area contributed by atoms with Crippen molar-refractivity contribution in [1.82, 2.24) is 9.88 Å². The van der Waals surface area contributed by atoms with E-state index in [0.717, 1.165) is 5.75 Å². The number of hydrogen-bond acceptors (Lipinski definition) is 3. The molecule has 0 unspecified atom stereocenters. The van der Waals surface area contributed by atoms with Crippen molar-refractivity contribution in [3.8, 4) is 11.8 Å². The second-order valence-corrected chi connectivity index (χ2v) is 6.31. The zero-order valence-electron chi connectivity index (χ0n) is 11.8. The van der Waals surface area contributed by atoms with Gasteiger partial charge in [0.05, 0.1) is 11.8 Å². The average molecular weight is 315 g/mol. The molecule has 1 atom stereocenters. The van der Waals surface area contributed by atoms with Crippen LogP contribution in [0.25, 0.3) is 5.69 Å². The van der Waals surface area contributed by atoms with Gasteiger partial charge in [-0.1, -0.05) is 0 Å². The Bertz CT molecular complexity index is 730. The Balaban J connectivity index is 1.82. The molecule has 0 radical (unpaired) electrons. The van der Waals surface area contributed by atoms with Gasteiger partial charge < -0.3 is 9.88 Å². The molecule has 1 saturated heterocycles. The molecule has 22 heavy (non-hydrogen) atoms. The first-order chi connectivity index (χ1) is 10.6. The van der Waals surface area contributed by atoms with Crippen LogP contribution in [0.5, 0.6) is 0 Å². The Kier molecular flexibility index (Phi) is 3.90. The lowest BCUT2D eigenvalue weighted by Gasteiger charge is -2.21. The van der Waals surface area contributed by atoms with Gasteiger partial charge in [-0.05, 0) is 42.5 Å². The third kappa shape index (κ3) is 2.72. The molecule has 6 heteroatoms. The van der Waals surface area contributed by atoms with Gasteiger partial charge in [-0.2, -0.15) is 17.0 Å². The van der Waals surface area contributed by atoms with Crippen LogP contribution in [-0.4, -0.2) is 27.5 Å². The van der Waals surface area contributed by atoms with Crippen molar-refractivity contribution in [2.75, 3.05) is 11.5 Å². The van der Waals surface area contributed by atoms with E-state index in [9.17, 15) is 14.4 Å². The van der Waals surface area contributed by atoms with Crippen LogP contribution >= 0.6 is 11.8 Å². The summed E-state index contributed by atoms with van der Waals surface area (Å²) in [5.74, 6) is 0.520. The average Bonchev–Trinajstić information content (AvgIpc) is 3.19. The van der Waals surface area contributed by atoms with Crippen molar-refractivity contribution < 1.29 is 9.18 Å². The second-order valence-electron chi connectivity index (χ2n) is 5.21. The van der Waals surface area contributed by atoms with E-state index in [0.29, 0.717) is 17.9 Å². The smallest absolute Gasteiger partial charge is 0.252 e. The van der Waals surface area contributed by atoms with Crippen LogP contribution in [0, 0.1) is 17.1 Å². The third-order valence-electron chi connectivity index (χ3n) is 3.68. The molecular weight excluding hydrogens is 301 g/mol. The number of carbonyl (C=O) groups excluding carboxylic acids is 1. The van der Waals surface area contributed by atoms with E-state index in [1.807, 2.05) is 0 Å². The normalized spacial score (nSPS) is 20.5. The van der Waals surface area contributed by atoms with Gasteiger partial charge in [-0.15, -0.1) is 0 Å². The summed E-state index contributed by atoms with van der Waals surface area (Å²) in [6.07, 6.45) is 4.08. The van der Waals surface area contributed by atoms with Crippen LogP contribution in [0.4, 0.5) is 4.39 Å². The standard InChI is InChI=1S/C16H14FN3OS/c17-13-9-12(3-4-14(13)20-6-1-2-7-20)15(21)19-16(10-18)5-8-22-11-16/h1-4,6-7,9H,5,8,11H2,(H,19,21)/t16-/m1/s1. The predicted octanol–water partition coefficient (Wildman–Crippen LogP) is 2.75. The first kappa shape index (κ1) is 14.7. The molecule has 2 heterocycles. The second kappa shape index (κ2) is 5.85. The highest BCUT2D eigenvalue weighted by atomic mass is 32.2. The Morgan fingerprint density at radius 1 is 1.41 bits per heavy atom. The lowest BCUT2D eigenvalue weighted by atomic mass is 10.0. The van der Waals surface area contributed by atoms with Crippen LogP contribution in [0.1, 0.15) is 16.8 Å². The van der Waals surface area contributed by atoms with Crippen molar-refractivity contribution in [3.05, 3.63) is 54.1 Å². The fourth-order valence-electron chi connectivity index (χ4n) is 2.42. The Hall–Kier alpha value is -2.26. The van der Waals surface area contributed by atoms with Crippen molar-refractivity contribution in [3.63, 3.8) is 0 Å². The monoisotopic (exact) mass is 315 g/mol. The van der Waals surface area contributed by atoms with Crippen LogP contribution in [0.2, 0.25) is 0 Å². The highest BCUT2D eigenvalue weighted by Gasteiger charge is 2.36. The first-order valence-corrected chi connectivity index (χ1v) is 8.03. The molecule has 1 aliphatic rings. The molecule has 3 rings (SSSR count). The molecule has 0 saturated carbocycles. The van der Waals surface area contributed by atoms with Crippen LogP contribution in [0.3, 0.4) is 0 Å². The van der Waals surface area contributed by atoms with Crippen LogP contribution in [-0.2, 0) is 0 Å². The topological polar surface area (TPSA) is 57.8 Å². The molecular formula is C16H14FN3OS. The van der Waals surface area contributed by atoms with Gasteiger partial charge in [0.15, 0.2) is 0 Å². The minimum Gasteiger partial charge on any atom is -0.333 e. The van der Waals surface area contributed by atoms with Gasteiger partial charge in [0, 0.05) is 23.7 Å². The van der Waals surface area contributed by atoms with Gasteiger partial charge in [-0.25, -0.2) is 4.39 Å². The molecule has 0 aliphatic carbocycles. The first-order valence-electron chi connectivity index (χ1n) is 6.88. The lowest BCUT2D eigenvalue weighted by Crippen LogP contribution is -2.47. The molecule has 4 nitrogen and oxygen atoms in total. The Morgan fingerprint density at radius 3 is 2.77 bits per heavy atom. The maximum Gasteiger partial charge on any atom is 0.252 e. The maximum absolute atomic E-state index is 14.2. The van der Waals surface area contributed by atoms with Gasteiger partial charge in [0.2, 0.25) is 0 Å². The SMILES string of the molecule is N#C[C@]1(NC(=O)c2ccc(-n3cccc3)c(F)c2)CCSC1. The van der Waals surface area contributed by atoms with Crippen molar-refractivity contribution in [2.24, 2.45) is 0 Å². The molecule has 1 aromatic carbocycles. The zero-order valence-corrected chi connectivity index (χ0v) is 12.6. The number of nitrogens with zero attached hydrogens (tertiary/aromatic N) is 2. The number of amides is 1. The lowest BCUT2D eigenvalue weighted by molar-refractivity contribution is 0.0925. The summed E-state index contributed by atoms with van der Waals surface area (Å²) < 4.78 is 15.8. The summed E-state index contributed by atoms with van der Waals surface area (Å²) >= 11 is 1.63. The zero-order chi connectivity index (χ0) is 15.6. The largest absolute Gasteiger partial charge is 0.333 e. The predicted molar refractivity (Wildman–Crippen MR) is 83.5 cm³/mol. The number of aromatic nitrogens is 1. The van der Waals surface area contributed by atoms with Crippen molar-refractivity contribution in [1.29, 1.82) is 5.26 Å². The molecule has 1 aromatic heterocycles. The van der Waals surface area contributed by atoms with Crippen molar-refractivity contribution >= 4 is 17.7 Å². The summed E-state index contributed by atoms with van der Waals surface area (Å²) in [6, 6.07) is 10.1. The quantitative estimate of drug-likeness (QED) is 0.947. The molecule has 0 bridgehead atoms. The molecule has 1 aliphatic heterocycles. The summed E-state index contributed by atoms with van der Waals surface area (Å²) in [5.41, 5.74) is -0.231. The number of nitriles is 1. The number of thioether (sulfide) groups is 1. The summed E-state index contributed by atoms with van der Waals surface area (Å²) in [5, 5.41) is 12.0. The van der Waals surface area contributed by atoms with E-state index in [4.69, 9.17) is 0 Å². The number of rotatable bonds is 3. The van der Waals surface area contributed by atoms with Gasteiger partial charge in [-0.3, -0.25) is 4.79 Å². The van der Waals surface area contributed by atoms with E-state index < -0.39 is 17.3 Å². The van der Waals surface area contributed by atoms with E-state index in [-0.39, 0.29) is 5.56 Å². The van der Waals surface area contributed by atoms with E-state index >= 15 is 0 Å². The molecule has 0 spiro atoms. The fraction of sp³-hybridized carbons (Fsp3) is 0.250. The minimum absolute atomic E-state index is 0.222. The number of halogens is 1. The van der Waals surface area contributed by atoms with Crippen LogP contribution in [0.15, 0.2) is 42.7 Å². The highest BCUT2D eigenvalue weighted by molar-refractivity contribution is 7.99. The molecule has 1 N–H and O–H groups in total. The van der Waals surface area contributed by atoms with E-state index in [1.54, 1.807) is 53.0 Å². The number of nitrogens with one attached hydrogen (secondary N) is 1. The number of benzene rings is 1. The minimum atomic E-state index is -0.836. The van der Waals surface area contributed by atoms with Crippen molar-refractivity contribution in [2.45, 2.75) is 12.0 Å². The number of hydrogen-bond donors (Lipinski definition) is 1. The Morgan fingerprint density at radius 2 is 2.18 bits per heavy atom. The molecule has 2 aromatic rings. The van der Waals surface area contributed by atoms with Crippen LogP contribution < -0.4 is 5.32 Å². The Labute approximate surface area is 131 Å².